The Hall–Kier alpha value is -1.58. The van der Waals surface area contributed by atoms with E-state index in [1.807, 2.05) is 20.8 Å². The van der Waals surface area contributed by atoms with Crippen LogP contribution in [-0.2, 0) is 4.74 Å². The Morgan fingerprint density at radius 3 is 2.41 bits per heavy atom. The fourth-order valence-electron chi connectivity index (χ4n) is 1.35. The molecule has 1 aromatic carbocycles. The largest absolute Gasteiger partial charge is 0.449 e. The summed E-state index contributed by atoms with van der Waals surface area (Å²) in [6.45, 7) is 6.67. The SMILES string of the molecule is CCN(C(=O)OCC(C)C)c1ccc(F)cc1. The topological polar surface area (TPSA) is 29.5 Å². The summed E-state index contributed by atoms with van der Waals surface area (Å²) < 4.78 is 17.9. The van der Waals surface area contributed by atoms with Crippen LogP contribution in [0.25, 0.3) is 0 Å². The molecule has 0 aliphatic rings. The molecular weight excluding hydrogens is 221 g/mol. The van der Waals surface area contributed by atoms with Crippen LogP contribution in [0.15, 0.2) is 24.3 Å². The molecular formula is C13H18FNO2. The highest BCUT2D eigenvalue weighted by Gasteiger charge is 2.15. The van der Waals surface area contributed by atoms with Crippen LogP contribution < -0.4 is 4.90 Å². The van der Waals surface area contributed by atoms with Crippen molar-refractivity contribution in [3.63, 3.8) is 0 Å². The van der Waals surface area contributed by atoms with E-state index in [1.165, 1.54) is 17.0 Å². The summed E-state index contributed by atoms with van der Waals surface area (Å²) in [5, 5.41) is 0. The molecule has 17 heavy (non-hydrogen) atoms. The number of amides is 1. The van der Waals surface area contributed by atoms with Crippen molar-refractivity contribution in [2.75, 3.05) is 18.1 Å². The number of ether oxygens (including phenoxy) is 1. The Kier molecular flexibility index (Phi) is 4.94. The third-order valence-electron chi connectivity index (χ3n) is 2.22. The number of hydrogen-bond acceptors (Lipinski definition) is 2. The van der Waals surface area contributed by atoms with Gasteiger partial charge >= 0.3 is 6.09 Å². The molecule has 94 valence electrons. The lowest BCUT2D eigenvalue weighted by molar-refractivity contribution is 0.140. The van der Waals surface area contributed by atoms with Gasteiger partial charge in [-0.25, -0.2) is 9.18 Å². The van der Waals surface area contributed by atoms with Crippen LogP contribution >= 0.6 is 0 Å². The van der Waals surface area contributed by atoms with E-state index in [4.69, 9.17) is 4.74 Å². The first kappa shape index (κ1) is 13.5. The molecule has 1 rings (SSSR count). The van der Waals surface area contributed by atoms with Crippen LogP contribution in [0.3, 0.4) is 0 Å². The Bertz CT molecular complexity index is 362. The minimum Gasteiger partial charge on any atom is -0.449 e. The fourth-order valence-corrected chi connectivity index (χ4v) is 1.35. The zero-order valence-corrected chi connectivity index (χ0v) is 10.4. The number of nitrogens with zero attached hydrogens (tertiary/aromatic N) is 1. The zero-order valence-electron chi connectivity index (χ0n) is 10.4. The predicted molar refractivity (Wildman–Crippen MR) is 65.6 cm³/mol. The molecule has 0 saturated carbocycles. The normalized spacial score (nSPS) is 10.4. The molecule has 1 aromatic rings. The van der Waals surface area contributed by atoms with Gasteiger partial charge in [-0.3, -0.25) is 4.90 Å². The van der Waals surface area contributed by atoms with E-state index in [2.05, 4.69) is 0 Å². The van der Waals surface area contributed by atoms with Crippen molar-refractivity contribution in [1.29, 1.82) is 0 Å². The van der Waals surface area contributed by atoms with Crippen molar-refractivity contribution < 1.29 is 13.9 Å². The lowest BCUT2D eigenvalue weighted by Crippen LogP contribution is -2.32. The van der Waals surface area contributed by atoms with Crippen molar-refractivity contribution in [3.8, 4) is 0 Å². The second-order valence-corrected chi connectivity index (χ2v) is 4.19. The molecule has 0 saturated heterocycles. The highest BCUT2D eigenvalue weighted by molar-refractivity contribution is 5.87. The van der Waals surface area contributed by atoms with Gasteiger partial charge in [-0.15, -0.1) is 0 Å². The van der Waals surface area contributed by atoms with E-state index in [0.29, 0.717) is 24.8 Å². The number of anilines is 1. The fraction of sp³-hybridized carbons (Fsp3) is 0.462. The number of rotatable bonds is 4. The Balaban J connectivity index is 2.70. The molecule has 0 radical (unpaired) electrons. The first-order chi connectivity index (χ1) is 8.04. The lowest BCUT2D eigenvalue weighted by Gasteiger charge is -2.21. The monoisotopic (exact) mass is 239 g/mol. The Morgan fingerprint density at radius 2 is 1.94 bits per heavy atom. The summed E-state index contributed by atoms with van der Waals surface area (Å²) in [5.74, 6) is -0.0220. The average Bonchev–Trinajstić information content (AvgIpc) is 2.30. The molecule has 1 amide bonds. The van der Waals surface area contributed by atoms with Gasteiger partial charge in [-0.2, -0.15) is 0 Å². The number of carbonyl (C=O) groups is 1. The molecule has 0 spiro atoms. The van der Waals surface area contributed by atoms with Gasteiger partial charge in [0.05, 0.1) is 6.61 Å². The lowest BCUT2D eigenvalue weighted by atomic mass is 10.2. The van der Waals surface area contributed by atoms with Crippen molar-refractivity contribution in [2.45, 2.75) is 20.8 Å². The zero-order chi connectivity index (χ0) is 12.8. The van der Waals surface area contributed by atoms with Gasteiger partial charge in [0.1, 0.15) is 5.82 Å². The van der Waals surface area contributed by atoms with E-state index in [-0.39, 0.29) is 5.82 Å². The summed E-state index contributed by atoms with van der Waals surface area (Å²) in [4.78, 5) is 13.2. The van der Waals surface area contributed by atoms with E-state index >= 15 is 0 Å². The van der Waals surface area contributed by atoms with Crippen LogP contribution in [0.5, 0.6) is 0 Å². The van der Waals surface area contributed by atoms with Gasteiger partial charge in [0, 0.05) is 12.2 Å². The molecule has 0 heterocycles. The summed E-state index contributed by atoms with van der Waals surface area (Å²) in [6.07, 6.45) is -0.396. The molecule has 0 N–H and O–H groups in total. The maximum atomic E-state index is 12.8. The second kappa shape index (κ2) is 6.23. The minimum atomic E-state index is -0.396. The first-order valence-corrected chi connectivity index (χ1v) is 5.74. The van der Waals surface area contributed by atoms with Crippen LogP contribution in [0.2, 0.25) is 0 Å². The maximum Gasteiger partial charge on any atom is 0.414 e. The van der Waals surface area contributed by atoms with Crippen molar-refractivity contribution in [2.24, 2.45) is 5.92 Å². The van der Waals surface area contributed by atoms with E-state index in [1.54, 1.807) is 12.1 Å². The number of hydrogen-bond donors (Lipinski definition) is 0. The Labute approximate surface area is 101 Å². The van der Waals surface area contributed by atoms with Crippen molar-refractivity contribution in [1.82, 2.24) is 0 Å². The molecule has 3 nitrogen and oxygen atoms in total. The van der Waals surface area contributed by atoms with E-state index in [0.717, 1.165) is 0 Å². The second-order valence-electron chi connectivity index (χ2n) is 4.19. The van der Waals surface area contributed by atoms with Crippen molar-refractivity contribution >= 4 is 11.8 Å². The molecule has 0 unspecified atom stereocenters. The Morgan fingerprint density at radius 1 is 1.35 bits per heavy atom. The van der Waals surface area contributed by atoms with Gasteiger partial charge in [-0.05, 0) is 37.1 Å². The van der Waals surface area contributed by atoms with E-state index in [9.17, 15) is 9.18 Å². The number of halogens is 1. The molecule has 0 aromatic heterocycles. The minimum absolute atomic E-state index is 0.297. The van der Waals surface area contributed by atoms with Gasteiger partial charge in [0.2, 0.25) is 0 Å². The molecule has 0 atom stereocenters. The summed E-state index contributed by atoms with van der Waals surface area (Å²) in [5.41, 5.74) is 0.641. The summed E-state index contributed by atoms with van der Waals surface area (Å²) >= 11 is 0. The molecule has 0 fully saturated rings. The van der Waals surface area contributed by atoms with Crippen molar-refractivity contribution in [3.05, 3.63) is 30.1 Å². The van der Waals surface area contributed by atoms with Gasteiger partial charge < -0.3 is 4.74 Å². The first-order valence-electron chi connectivity index (χ1n) is 5.74. The predicted octanol–water partition coefficient (Wildman–Crippen LogP) is 3.44. The third kappa shape index (κ3) is 4.06. The van der Waals surface area contributed by atoms with Gasteiger partial charge in [-0.1, -0.05) is 13.8 Å². The standard InChI is InChI=1S/C13H18FNO2/c1-4-15(13(16)17-9-10(2)3)12-7-5-11(14)6-8-12/h5-8,10H,4,9H2,1-3H3. The molecule has 0 bridgehead atoms. The molecule has 0 aliphatic carbocycles. The quantitative estimate of drug-likeness (QED) is 0.805. The average molecular weight is 239 g/mol. The van der Waals surface area contributed by atoms with Gasteiger partial charge in [0.15, 0.2) is 0 Å². The van der Waals surface area contributed by atoms with Gasteiger partial charge in [0.25, 0.3) is 0 Å². The van der Waals surface area contributed by atoms with E-state index < -0.39 is 6.09 Å². The maximum absolute atomic E-state index is 12.8. The summed E-state index contributed by atoms with van der Waals surface area (Å²) in [6, 6.07) is 5.78. The third-order valence-corrected chi connectivity index (χ3v) is 2.22. The highest BCUT2D eigenvalue weighted by Crippen LogP contribution is 2.15. The number of benzene rings is 1. The summed E-state index contributed by atoms with van der Waals surface area (Å²) in [7, 11) is 0. The number of carbonyl (C=O) groups excluding carboxylic acids is 1. The smallest absolute Gasteiger partial charge is 0.414 e. The van der Waals surface area contributed by atoms with Crippen LogP contribution in [0.1, 0.15) is 20.8 Å². The molecule has 4 heteroatoms. The highest BCUT2D eigenvalue weighted by atomic mass is 19.1. The molecule has 0 aliphatic heterocycles. The van der Waals surface area contributed by atoms with Crippen LogP contribution in [0, 0.1) is 11.7 Å². The van der Waals surface area contributed by atoms with Crippen LogP contribution in [-0.4, -0.2) is 19.2 Å². The van der Waals surface area contributed by atoms with Crippen LogP contribution in [0.4, 0.5) is 14.9 Å².